The van der Waals surface area contributed by atoms with Crippen molar-refractivity contribution in [3.05, 3.63) is 76.9 Å². The van der Waals surface area contributed by atoms with Crippen LogP contribution < -0.4 is 0 Å². The van der Waals surface area contributed by atoms with Crippen molar-refractivity contribution < 1.29 is 18.3 Å². The summed E-state index contributed by atoms with van der Waals surface area (Å²) in [6.45, 7) is 2.29. The number of phenolic OH excluding ortho intramolecular Hbond substituents is 1. The predicted octanol–water partition coefficient (Wildman–Crippen LogP) is 4.62. The van der Waals surface area contributed by atoms with Crippen LogP contribution in [0.2, 0.25) is 0 Å². The van der Waals surface area contributed by atoms with Gasteiger partial charge in [-0.3, -0.25) is 0 Å². The van der Waals surface area contributed by atoms with Gasteiger partial charge in [-0.1, -0.05) is 61.0 Å². The number of rotatable bonds is 6. The number of para-hydroxylation sites is 1. The molecule has 0 spiro atoms. The van der Waals surface area contributed by atoms with E-state index in [0.717, 1.165) is 47.1 Å². The summed E-state index contributed by atoms with van der Waals surface area (Å²) < 4.78 is 30.8. The molecule has 1 N–H and O–H groups in total. The quantitative estimate of drug-likeness (QED) is 0.558. The summed E-state index contributed by atoms with van der Waals surface area (Å²) >= 11 is 0. The van der Waals surface area contributed by atoms with Gasteiger partial charge in [0.25, 0.3) is 0 Å². The third kappa shape index (κ3) is 4.02. The molecular weight excluding hydrogens is 384 g/mol. The van der Waals surface area contributed by atoms with Crippen molar-refractivity contribution in [3.8, 4) is 5.75 Å². The number of fused-ring (bicyclic) bond motifs is 1. The largest absolute Gasteiger partial charge is 0.507 e. The first-order valence-corrected chi connectivity index (χ1v) is 11.8. The Hall–Kier alpha value is -2.37. The van der Waals surface area contributed by atoms with Gasteiger partial charge in [-0.15, -0.1) is 0 Å². The fourth-order valence-corrected chi connectivity index (χ4v) is 6.40. The molecule has 1 fully saturated rings. The highest BCUT2D eigenvalue weighted by molar-refractivity contribution is 7.92. The fraction of sp³-hybridized carbons (Fsp3) is 0.333. The summed E-state index contributed by atoms with van der Waals surface area (Å²) in [4.78, 5) is 0. The lowest BCUT2D eigenvalue weighted by atomic mass is 9.93. The summed E-state index contributed by atoms with van der Waals surface area (Å²) in [6, 6.07) is 17.4. The molecule has 0 saturated carbocycles. The second-order valence-corrected chi connectivity index (χ2v) is 9.85. The minimum atomic E-state index is -3.11. The maximum atomic E-state index is 12.4. The van der Waals surface area contributed by atoms with E-state index in [9.17, 15) is 13.5 Å². The molecule has 29 heavy (non-hydrogen) atoms. The van der Waals surface area contributed by atoms with E-state index in [-0.39, 0.29) is 24.2 Å². The van der Waals surface area contributed by atoms with Crippen LogP contribution >= 0.6 is 0 Å². The summed E-state index contributed by atoms with van der Waals surface area (Å²) in [5.74, 6) is 0.429. The molecule has 1 saturated heterocycles. The topological polar surface area (TPSA) is 63.6 Å². The zero-order valence-electron chi connectivity index (χ0n) is 16.5. The number of sulfone groups is 1. The van der Waals surface area contributed by atoms with E-state index < -0.39 is 15.1 Å². The van der Waals surface area contributed by atoms with Gasteiger partial charge in [-0.2, -0.15) is 0 Å². The highest BCUT2D eigenvalue weighted by Crippen LogP contribution is 2.40. The highest BCUT2D eigenvalue weighted by Gasteiger charge is 2.46. The van der Waals surface area contributed by atoms with Gasteiger partial charge in [0.2, 0.25) is 0 Å². The first kappa shape index (κ1) is 19.9. The summed E-state index contributed by atoms with van der Waals surface area (Å²) in [5.41, 5.74) is 4.99. The Labute approximate surface area is 172 Å². The smallest absolute Gasteiger partial charge is 0.163 e. The van der Waals surface area contributed by atoms with Gasteiger partial charge >= 0.3 is 0 Å². The van der Waals surface area contributed by atoms with Crippen LogP contribution in [-0.2, 0) is 14.6 Å². The van der Waals surface area contributed by atoms with E-state index in [1.165, 1.54) is 0 Å². The number of benzene rings is 2. The Bertz CT molecular complexity index is 1050. The summed E-state index contributed by atoms with van der Waals surface area (Å²) in [5, 5.41) is 9.74. The summed E-state index contributed by atoms with van der Waals surface area (Å²) in [7, 11) is -3.11. The number of ether oxygens (including phenoxy) is 1. The maximum absolute atomic E-state index is 12.4. The maximum Gasteiger partial charge on any atom is 0.163 e. The van der Waals surface area contributed by atoms with Crippen molar-refractivity contribution >= 4 is 21.5 Å². The predicted molar refractivity (Wildman–Crippen MR) is 116 cm³/mol. The second kappa shape index (κ2) is 8.17. The van der Waals surface area contributed by atoms with Crippen molar-refractivity contribution in [2.45, 2.75) is 37.5 Å². The van der Waals surface area contributed by atoms with Crippen LogP contribution in [0.25, 0.3) is 11.6 Å². The van der Waals surface area contributed by atoms with E-state index in [1.807, 2.05) is 43.3 Å². The normalized spacial score (nSPS) is 23.4. The summed E-state index contributed by atoms with van der Waals surface area (Å²) in [6.07, 6.45) is 4.07. The Kier molecular flexibility index (Phi) is 5.61. The van der Waals surface area contributed by atoms with Crippen LogP contribution in [0.15, 0.2) is 65.7 Å². The van der Waals surface area contributed by atoms with Crippen molar-refractivity contribution in [1.82, 2.24) is 0 Å². The Balaban J connectivity index is 1.61. The monoisotopic (exact) mass is 410 g/mol. The van der Waals surface area contributed by atoms with Gasteiger partial charge in [0.15, 0.2) is 9.84 Å². The molecule has 2 aromatic carbocycles. The van der Waals surface area contributed by atoms with Gasteiger partial charge in [-0.05, 0) is 48.1 Å². The molecule has 4 nitrogen and oxygen atoms in total. The van der Waals surface area contributed by atoms with Crippen LogP contribution in [-0.4, -0.2) is 37.2 Å². The van der Waals surface area contributed by atoms with Gasteiger partial charge < -0.3 is 9.84 Å². The molecule has 4 rings (SSSR count). The fourth-order valence-electron chi connectivity index (χ4n) is 4.35. The highest BCUT2D eigenvalue weighted by atomic mass is 32.2. The molecule has 2 aliphatic heterocycles. The zero-order chi connectivity index (χ0) is 20.4. The Morgan fingerprint density at radius 3 is 2.59 bits per heavy atom. The molecule has 5 heteroatoms. The molecule has 2 aliphatic rings. The van der Waals surface area contributed by atoms with Gasteiger partial charge in [-0.25, -0.2) is 8.42 Å². The SMILES string of the molecule is CCC1=C2[C@@H](CC/C(=C/c3ccccc3O)c3ccccc3)OC[C@@H]2S(=O)(=O)C1. The van der Waals surface area contributed by atoms with Crippen LogP contribution in [0.3, 0.4) is 0 Å². The third-order valence-electron chi connectivity index (χ3n) is 5.87. The van der Waals surface area contributed by atoms with E-state index in [4.69, 9.17) is 4.74 Å². The number of phenols is 1. The molecule has 0 bridgehead atoms. The van der Waals surface area contributed by atoms with E-state index in [0.29, 0.717) is 0 Å². The van der Waals surface area contributed by atoms with Crippen molar-refractivity contribution in [2.24, 2.45) is 0 Å². The molecular formula is C24H26O4S. The van der Waals surface area contributed by atoms with Gasteiger partial charge in [0.1, 0.15) is 11.0 Å². The molecule has 0 amide bonds. The van der Waals surface area contributed by atoms with Crippen LogP contribution in [0.1, 0.15) is 37.3 Å². The lowest BCUT2D eigenvalue weighted by Crippen LogP contribution is -2.19. The molecule has 0 aliphatic carbocycles. The van der Waals surface area contributed by atoms with Gasteiger partial charge in [0, 0.05) is 5.56 Å². The molecule has 2 heterocycles. The van der Waals surface area contributed by atoms with Crippen LogP contribution in [0.4, 0.5) is 0 Å². The van der Waals surface area contributed by atoms with Crippen molar-refractivity contribution in [3.63, 3.8) is 0 Å². The zero-order valence-corrected chi connectivity index (χ0v) is 17.4. The minimum Gasteiger partial charge on any atom is -0.507 e. The van der Waals surface area contributed by atoms with Crippen LogP contribution in [0, 0.1) is 0 Å². The lowest BCUT2D eigenvalue weighted by Gasteiger charge is -2.15. The second-order valence-electron chi connectivity index (χ2n) is 7.66. The molecule has 0 radical (unpaired) electrons. The van der Waals surface area contributed by atoms with Crippen LogP contribution in [0.5, 0.6) is 5.75 Å². The first-order valence-electron chi connectivity index (χ1n) is 10.1. The molecule has 152 valence electrons. The molecule has 2 atom stereocenters. The Morgan fingerprint density at radius 2 is 1.86 bits per heavy atom. The first-order chi connectivity index (χ1) is 14.0. The number of hydrogen-bond donors (Lipinski definition) is 1. The molecule has 2 aromatic rings. The molecule has 0 unspecified atom stereocenters. The van der Waals surface area contributed by atoms with E-state index in [1.54, 1.807) is 12.1 Å². The number of allylic oxidation sites excluding steroid dienone is 1. The average molecular weight is 411 g/mol. The number of aromatic hydroxyl groups is 1. The standard InChI is InChI=1S/C24H26O4S/c1-2-17-16-29(26,27)23-15-28-22(24(17)23)13-12-19(18-8-4-3-5-9-18)14-20-10-6-7-11-21(20)25/h3-11,14,22-23,25H,2,12-13,15-16H2,1H3/b19-14-/t22-,23+/m1/s1. The third-order valence-corrected chi connectivity index (χ3v) is 7.88. The van der Waals surface area contributed by atoms with Crippen molar-refractivity contribution in [2.75, 3.05) is 12.4 Å². The minimum absolute atomic E-state index is 0.149. The van der Waals surface area contributed by atoms with E-state index in [2.05, 4.69) is 12.1 Å². The average Bonchev–Trinajstić information content (AvgIpc) is 3.26. The van der Waals surface area contributed by atoms with Crippen molar-refractivity contribution in [1.29, 1.82) is 0 Å². The lowest BCUT2D eigenvalue weighted by molar-refractivity contribution is 0.118. The van der Waals surface area contributed by atoms with E-state index >= 15 is 0 Å². The van der Waals surface area contributed by atoms with Gasteiger partial charge in [0.05, 0.1) is 18.5 Å². The Morgan fingerprint density at radius 1 is 1.14 bits per heavy atom. The number of hydrogen-bond acceptors (Lipinski definition) is 4. The molecule has 0 aromatic heterocycles.